The lowest BCUT2D eigenvalue weighted by Gasteiger charge is -2.41. The summed E-state index contributed by atoms with van der Waals surface area (Å²) in [4.78, 5) is 12.7. The van der Waals surface area contributed by atoms with Crippen LogP contribution in [0.1, 0.15) is 74.7 Å². The summed E-state index contributed by atoms with van der Waals surface area (Å²) in [7, 11) is 0. The Kier molecular flexibility index (Phi) is 3.04. The van der Waals surface area contributed by atoms with E-state index in [4.69, 9.17) is 9.47 Å². The van der Waals surface area contributed by atoms with Crippen molar-refractivity contribution in [3.63, 3.8) is 0 Å². The molecule has 3 heteroatoms. The van der Waals surface area contributed by atoms with Crippen molar-refractivity contribution in [1.29, 1.82) is 0 Å². The van der Waals surface area contributed by atoms with E-state index in [1.54, 1.807) is 0 Å². The zero-order valence-electron chi connectivity index (χ0n) is 13.5. The molecule has 0 saturated heterocycles. The maximum Gasteiger partial charge on any atom is 0.170 e. The van der Waals surface area contributed by atoms with Gasteiger partial charge in [0.05, 0.1) is 12.0 Å². The van der Waals surface area contributed by atoms with E-state index in [0.29, 0.717) is 6.42 Å². The highest BCUT2D eigenvalue weighted by molar-refractivity contribution is 6.00. The molecule has 0 bridgehead atoms. The molecule has 1 fully saturated rings. The molecule has 3 nitrogen and oxygen atoms in total. The van der Waals surface area contributed by atoms with Crippen molar-refractivity contribution in [3.8, 4) is 11.5 Å². The Labute approximate surface area is 132 Å². The second-order valence-electron chi connectivity index (χ2n) is 7.76. The maximum absolute atomic E-state index is 12.7. The van der Waals surface area contributed by atoms with E-state index in [2.05, 4.69) is 13.8 Å². The Balaban J connectivity index is 1.72. The van der Waals surface area contributed by atoms with E-state index in [0.717, 1.165) is 61.2 Å². The first-order chi connectivity index (χ1) is 10.5. The summed E-state index contributed by atoms with van der Waals surface area (Å²) in [5, 5.41) is 0. The second kappa shape index (κ2) is 4.74. The van der Waals surface area contributed by atoms with Crippen LogP contribution in [0.2, 0.25) is 0 Å². The van der Waals surface area contributed by atoms with Gasteiger partial charge in [0.2, 0.25) is 0 Å². The van der Waals surface area contributed by atoms with E-state index in [-0.39, 0.29) is 17.0 Å². The van der Waals surface area contributed by atoms with Crippen LogP contribution in [0.5, 0.6) is 11.5 Å². The molecule has 1 aliphatic carbocycles. The number of Topliss-reactive ketones (excluding diaryl/α,β-unsaturated/α-hetero) is 1. The van der Waals surface area contributed by atoms with Gasteiger partial charge in [-0.3, -0.25) is 4.79 Å². The van der Waals surface area contributed by atoms with Gasteiger partial charge >= 0.3 is 0 Å². The summed E-state index contributed by atoms with van der Waals surface area (Å²) in [6.07, 6.45) is 8.09. The van der Waals surface area contributed by atoms with Gasteiger partial charge in [-0.2, -0.15) is 0 Å². The molecule has 1 aromatic rings. The molecular weight excluding hydrogens is 276 g/mol. The molecule has 0 unspecified atom stereocenters. The molecule has 3 aliphatic rings. The number of ether oxygens (including phenoxy) is 2. The summed E-state index contributed by atoms with van der Waals surface area (Å²) in [6, 6.07) is 3.98. The number of fused-ring (bicyclic) bond motifs is 2. The summed E-state index contributed by atoms with van der Waals surface area (Å²) in [5.74, 6) is 1.89. The number of ketones is 1. The zero-order chi connectivity index (χ0) is 15.4. The third-order valence-electron chi connectivity index (χ3n) is 5.42. The summed E-state index contributed by atoms with van der Waals surface area (Å²) < 4.78 is 12.5. The fourth-order valence-corrected chi connectivity index (χ4v) is 4.12. The van der Waals surface area contributed by atoms with Gasteiger partial charge in [0.25, 0.3) is 0 Å². The van der Waals surface area contributed by atoms with Crippen molar-refractivity contribution in [2.24, 2.45) is 0 Å². The third-order valence-corrected chi connectivity index (χ3v) is 5.42. The number of carbonyl (C=O) groups is 1. The minimum atomic E-state index is -0.249. The van der Waals surface area contributed by atoms with E-state index in [1.165, 1.54) is 6.42 Å². The van der Waals surface area contributed by atoms with Crippen LogP contribution >= 0.6 is 0 Å². The Morgan fingerprint density at radius 3 is 2.50 bits per heavy atom. The molecule has 22 heavy (non-hydrogen) atoms. The lowest BCUT2D eigenvalue weighted by molar-refractivity contribution is 0.0127. The molecule has 0 amide bonds. The van der Waals surface area contributed by atoms with Crippen LogP contribution in [-0.4, -0.2) is 17.0 Å². The summed E-state index contributed by atoms with van der Waals surface area (Å²) in [5.41, 5.74) is 1.52. The normalized spacial score (nSPS) is 24.9. The van der Waals surface area contributed by atoms with E-state index in [9.17, 15) is 4.79 Å². The fourth-order valence-electron chi connectivity index (χ4n) is 4.12. The van der Waals surface area contributed by atoms with Crippen LogP contribution in [0.3, 0.4) is 0 Å². The molecule has 0 N–H and O–H groups in total. The predicted molar refractivity (Wildman–Crippen MR) is 84.9 cm³/mol. The highest BCUT2D eigenvalue weighted by atomic mass is 16.5. The molecule has 1 saturated carbocycles. The van der Waals surface area contributed by atoms with Crippen LogP contribution in [0, 0.1) is 0 Å². The molecule has 4 rings (SSSR count). The first-order valence-electron chi connectivity index (χ1n) is 8.55. The smallest absolute Gasteiger partial charge is 0.170 e. The number of hydrogen-bond donors (Lipinski definition) is 0. The second-order valence-corrected chi connectivity index (χ2v) is 7.76. The summed E-state index contributed by atoms with van der Waals surface area (Å²) in [6.45, 7) is 4.23. The number of benzene rings is 1. The first-order valence-corrected chi connectivity index (χ1v) is 8.55. The van der Waals surface area contributed by atoms with E-state index >= 15 is 0 Å². The van der Waals surface area contributed by atoms with Crippen LogP contribution in [0.25, 0.3) is 0 Å². The molecular formula is C19H24O3. The highest BCUT2D eigenvalue weighted by Crippen LogP contribution is 2.45. The topological polar surface area (TPSA) is 35.5 Å². The number of carbonyl (C=O) groups excluding carboxylic acids is 1. The lowest BCUT2D eigenvalue weighted by atomic mass is 9.78. The van der Waals surface area contributed by atoms with Gasteiger partial charge in [-0.25, -0.2) is 0 Å². The third kappa shape index (κ3) is 2.31. The van der Waals surface area contributed by atoms with Gasteiger partial charge in [0.1, 0.15) is 22.7 Å². The van der Waals surface area contributed by atoms with Crippen molar-refractivity contribution < 1.29 is 14.3 Å². The fraction of sp³-hybridized carbons (Fsp3) is 0.632. The van der Waals surface area contributed by atoms with E-state index in [1.807, 2.05) is 12.1 Å². The predicted octanol–water partition coefficient (Wildman–Crippen LogP) is 4.46. The van der Waals surface area contributed by atoms with Gasteiger partial charge in [-0.1, -0.05) is 6.42 Å². The molecule has 118 valence electrons. The SMILES string of the molecule is CC1(C)CCc2cc3c(cc2O1)OC1(CCCCC1)CC3=O. The van der Waals surface area contributed by atoms with E-state index < -0.39 is 0 Å². The number of hydrogen-bond acceptors (Lipinski definition) is 3. The van der Waals surface area contributed by atoms with Crippen molar-refractivity contribution in [1.82, 2.24) is 0 Å². The summed E-state index contributed by atoms with van der Waals surface area (Å²) >= 11 is 0. The average molecular weight is 300 g/mol. The van der Waals surface area contributed by atoms with Crippen molar-refractivity contribution in [2.75, 3.05) is 0 Å². The Bertz CT molecular complexity index is 624. The van der Waals surface area contributed by atoms with Gasteiger partial charge in [0.15, 0.2) is 5.78 Å². The molecule has 1 spiro atoms. The van der Waals surface area contributed by atoms with Crippen LogP contribution in [-0.2, 0) is 6.42 Å². The van der Waals surface area contributed by atoms with Gasteiger partial charge in [0, 0.05) is 6.07 Å². The zero-order valence-corrected chi connectivity index (χ0v) is 13.5. The first kappa shape index (κ1) is 14.1. The monoisotopic (exact) mass is 300 g/mol. The highest BCUT2D eigenvalue weighted by Gasteiger charge is 2.42. The van der Waals surface area contributed by atoms with Crippen molar-refractivity contribution in [2.45, 2.75) is 76.4 Å². The Morgan fingerprint density at radius 2 is 1.73 bits per heavy atom. The van der Waals surface area contributed by atoms with Gasteiger partial charge in [-0.15, -0.1) is 0 Å². The molecule has 1 aromatic carbocycles. The molecule has 0 radical (unpaired) electrons. The minimum Gasteiger partial charge on any atom is -0.487 e. The lowest BCUT2D eigenvalue weighted by Crippen LogP contribution is -2.43. The van der Waals surface area contributed by atoms with Gasteiger partial charge < -0.3 is 9.47 Å². The van der Waals surface area contributed by atoms with Crippen molar-refractivity contribution in [3.05, 3.63) is 23.3 Å². The molecule has 2 aliphatic heterocycles. The largest absolute Gasteiger partial charge is 0.487 e. The Hall–Kier alpha value is -1.51. The number of rotatable bonds is 0. The number of aryl methyl sites for hydroxylation is 1. The van der Waals surface area contributed by atoms with Crippen molar-refractivity contribution >= 4 is 5.78 Å². The van der Waals surface area contributed by atoms with Gasteiger partial charge in [-0.05, 0) is 64.0 Å². The van der Waals surface area contributed by atoms with Crippen LogP contribution in [0.4, 0.5) is 0 Å². The molecule has 0 aromatic heterocycles. The maximum atomic E-state index is 12.7. The minimum absolute atomic E-state index is 0.136. The average Bonchev–Trinajstić information content (AvgIpc) is 2.45. The standard InChI is InChI=1S/C19H24O3/c1-18(2)9-6-13-10-14-15(20)12-19(7-4-3-5-8-19)22-17(14)11-16(13)21-18/h10-11H,3-9,12H2,1-2H3. The molecule has 0 atom stereocenters. The van der Waals surface area contributed by atoms with Crippen LogP contribution < -0.4 is 9.47 Å². The molecule has 2 heterocycles. The van der Waals surface area contributed by atoms with Crippen LogP contribution in [0.15, 0.2) is 12.1 Å². The quantitative estimate of drug-likeness (QED) is 0.709. The Morgan fingerprint density at radius 1 is 0.955 bits per heavy atom.